The molecule has 0 atom stereocenters. The zero-order valence-corrected chi connectivity index (χ0v) is 19.4. The Bertz CT molecular complexity index is 1170. The molecule has 0 aliphatic carbocycles. The highest BCUT2D eigenvalue weighted by Crippen LogP contribution is 2.37. The molecule has 33 heavy (non-hydrogen) atoms. The fourth-order valence-electron chi connectivity index (χ4n) is 3.02. The SMILES string of the molecule is COC(=O)c1cc(NC(=O)CN2C(=O)S/C(=C/c3cccc(OC)c3OC)C2=O)ccc1Cl. The minimum absolute atomic E-state index is 0.0679. The van der Waals surface area contributed by atoms with E-state index in [2.05, 4.69) is 10.1 Å². The van der Waals surface area contributed by atoms with Crippen LogP contribution in [0.2, 0.25) is 5.02 Å². The zero-order chi connectivity index (χ0) is 24.1. The molecule has 0 spiro atoms. The molecule has 2 aromatic rings. The summed E-state index contributed by atoms with van der Waals surface area (Å²) < 4.78 is 15.2. The molecule has 9 nitrogen and oxygen atoms in total. The van der Waals surface area contributed by atoms with E-state index in [0.717, 1.165) is 4.90 Å². The molecule has 1 N–H and O–H groups in total. The average Bonchev–Trinajstić information content (AvgIpc) is 3.06. The Hall–Kier alpha value is -3.50. The lowest BCUT2D eigenvalue weighted by Crippen LogP contribution is -2.36. The largest absolute Gasteiger partial charge is 0.493 e. The number of hydrogen-bond donors (Lipinski definition) is 1. The van der Waals surface area contributed by atoms with Crippen LogP contribution in [0, 0.1) is 0 Å². The quantitative estimate of drug-likeness (QED) is 0.460. The Morgan fingerprint density at radius 1 is 1.12 bits per heavy atom. The molecule has 1 heterocycles. The number of para-hydroxylation sites is 1. The number of hydrogen-bond acceptors (Lipinski definition) is 8. The van der Waals surface area contributed by atoms with Crippen LogP contribution in [-0.4, -0.2) is 55.8 Å². The van der Waals surface area contributed by atoms with Crippen molar-refractivity contribution in [2.75, 3.05) is 33.2 Å². The molecule has 1 aliphatic heterocycles. The van der Waals surface area contributed by atoms with Crippen LogP contribution in [0.15, 0.2) is 41.3 Å². The van der Waals surface area contributed by atoms with Crippen LogP contribution in [0.5, 0.6) is 11.5 Å². The lowest BCUT2D eigenvalue weighted by Gasteiger charge is -2.13. The number of anilines is 1. The second-order valence-corrected chi connectivity index (χ2v) is 7.99. The third kappa shape index (κ3) is 5.29. The van der Waals surface area contributed by atoms with Crippen LogP contribution in [0.1, 0.15) is 15.9 Å². The van der Waals surface area contributed by atoms with Gasteiger partial charge in [0.2, 0.25) is 5.91 Å². The predicted octanol–water partition coefficient (Wildman–Crippen LogP) is 3.82. The molecule has 0 bridgehead atoms. The van der Waals surface area contributed by atoms with Gasteiger partial charge in [-0.15, -0.1) is 0 Å². The van der Waals surface area contributed by atoms with Crippen molar-refractivity contribution < 1.29 is 33.4 Å². The van der Waals surface area contributed by atoms with Gasteiger partial charge in [0.15, 0.2) is 11.5 Å². The number of rotatable bonds is 7. The topological polar surface area (TPSA) is 111 Å². The number of benzene rings is 2. The number of imide groups is 1. The molecular formula is C22H19ClN2O7S. The van der Waals surface area contributed by atoms with Crippen LogP contribution < -0.4 is 14.8 Å². The second-order valence-electron chi connectivity index (χ2n) is 6.58. The molecule has 11 heteroatoms. The molecule has 172 valence electrons. The minimum Gasteiger partial charge on any atom is -0.493 e. The maximum atomic E-state index is 12.8. The molecule has 1 aliphatic rings. The van der Waals surface area contributed by atoms with Gasteiger partial charge in [0.05, 0.1) is 36.8 Å². The molecule has 1 saturated heterocycles. The van der Waals surface area contributed by atoms with Crippen molar-refractivity contribution >= 4 is 58.1 Å². The van der Waals surface area contributed by atoms with Gasteiger partial charge in [0.1, 0.15) is 6.54 Å². The Balaban J connectivity index is 1.75. The van der Waals surface area contributed by atoms with E-state index in [1.165, 1.54) is 45.6 Å². The van der Waals surface area contributed by atoms with E-state index < -0.39 is 29.6 Å². The van der Waals surface area contributed by atoms with Crippen molar-refractivity contribution in [1.29, 1.82) is 0 Å². The summed E-state index contributed by atoms with van der Waals surface area (Å²) in [7, 11) is 4.16. The van der Waals surface area contributed by atoms with Gasteiger partial charge in [0, 0.05) is 11.3 Å². The zero-order valence-electron chi connectivity index (χ0n) is 17.8. The number of ether oxygens (including phenoxy) is 3. The van der Waals surface area contributed by atoms with E-state index in [4.69, 9.17) is 21.1 Å². The van der Waals surface area contributed by atoms with Crippen molar-refractivity contribution in [3.05, 3.63) is 57.5 Å². The number of nitrogens with one attached hydrogen (secondary N) is 1. The van der Waals surface area contributed by atoms with E-state index in [0.29, 0.717) is 28.8 Å². The minimum atomic E-state index is -0.667. The van der Waals surface area contributed by atoms with E-state index in [9.17, 15) is 19.2 Å². The van der Waals surface area contributed by atoms with E-state index in [1.54, 1.807) is 18.2 Å². The van der Waals surface area contributed by atoms with Crippen LogP contribution >= 0.6 is 23.4 Å². The van der Waals surface area contributed by atoms with Gasteiger partial charge in [-0.25, -0.2) is 4.79 Å². The summed E-state index contributed by atoms with van der Waals surface area (Å²) in [5.74, 6) is -1.03. The van der Waals surface area contributed by atoms with Crippen molar-refractivity contribution in [3.8, 4) is 11.5 Å². The third-order valence-electron chi connectivity index (χ3n) is 4.55. The van der Waals surface area contributed by atoms with Crippen LogP contribution in [0.25, 0.3) is 6.08 Å². The molecule has 1 fully saturated rings. The Labute approximate surface area is 198 Å². The molecule has 0 saturated carbocycles. The highest BCUT2D eigenvalue weighted by molar-refractivity contribution is 8.18. The highest BCUT2D eigenvalue weighted by atomic mass is 35.5. The lowest BCUT2D eigenvalue weighted by molar-refractivity contribution is -0.127. The molecule has 0 aromatic heterocycles. The highest BCUT2D eigenvalue weighted by Gasteiger charge is 2.36. The normalized spacial score (nSPS) is 14.4. The van der Waals surface area contributed by atoms with Gasteiger partial charge in [-0.1, -0.05) is 23.7 Å². The first-order valence-corrected chi connectivity index (χ1v) is 10.6. The van der Waals surface area contributed by atoms with Crippen LogP contribution in [-0.2, 0) is 14.3 Å². The van der Waals surface area contributed by atoms with Crippen LogP contribution in [0.3, 0.4) is 0 Å². The maximum absolute atomic E-state index is 12.8. The molecule has 2 aromatic carbocycles. The molecule has 3 rings (SSSR count). The first kappa shape index (κ1) is 24.1. The molecule has 0 radical (unpaired) electrons. The fourth-order valence-corrected chi connectivity index (χ4v) is 4.04. The number of halogens is 1. The summed E-state index contributed by atoms with van der Waals surface area (Å²) >= 11 is 6.68. The summed E-state index contributed by atoms with van der Waals surface area (Å²) in [6.07, 6.45) is 1.51. The fraction of sp³-hybridized carbons (Fsp3) is 0.182. The van der Waals surface area contributed by atoms with Gasteiger partial charge in [-0.3, -0.25) is 19.3 Å². The summed E-state index contributed by atoms with van der Waals surface area (Å²) in [5, 5.41) is 2.11. The monoisotopic (exact) mass is 490 g/mol. The smallest absolute Gasteiger partial charge is 0.339 e. The van der Waals surface area contributed by atoms with Crippen molar-refractivity contribution in [3.63, 3.8) is 0 Å². The molecule has 0 unspecified atom stereocenters. The number of nitrogens with zero attached hydrogens (tertiary/aromatic N) is 1. The standard InChI is InChI=1S/C22H19ClN2O7S/c1-30-16-6-4-5-12(19(16)31-2)9-17-20(27)25(22(29)33-17)11-18(26)24-13-7-8-15(23)14(10-13)21(28)32-3/h4-10H,11H2,1-3H3,(H,24,26)/b17-9+. The summed E-state index contributed by atoms with van der Waals surface area (Å²) in [5.41, 5.74) is 0.870. The van der Waals surface area contributed by atoms with Crippen molar-refractivity contribution in [2.24, 2.45) is 0 Å². The van der Waals surface area contributed by atoms with Gasteiger partial charge in [-0.05, 0) is 42.1 Å². The van der Waals surface area contributed by atoms with Gasteiger partial charge in [-0.2, -0.15) is 0 Å². The predicted molar refractivity (Wildman–Crippen MR) is 124 cm³/mol. The Morgan fingerprint density at radius 3 is 2.55 bits per heavy atom. The number of esters is 1. The Morgan fingerprint density at radius 2 is 1.88 bits per heavy atom. The molecular weight excluding hydrogens is 472 g/mol. The van der Waals surface area contributed by atoms with Crippen molar-refractivity contribution in [2.45, 2.75) is 0 Å². The van der Waals surface area contributed by atoms with Crippen LogP contribution in [0.4, 0.5) is 10.5 Å². The Kier molecular flexibility index (Phi) is 7.62. The number of thioether (sulfide) groups is 1. The average molecular weight is 491 g/mol. The second kappa shape index (κ2) is 10.4. The first-order chi connectivity index (χ1) is 15.8. The summed E-state index contributed by atoms with van der Waals surface area (Å²) in [6.45, 7) is -0.507. The summed E-state index contributed by atoms with van der Waals surface area (Å²) in [4.78, 5) is 50.4. The third-order valence-corrected chi connectivity index (χ3v) is 5.79. The van der Waals surface area contributed by atoms with E-state index in [1.807, 2.05) is 0 Å². The molecule has 3 amide bonds. The van der Waals surface area contributed by atoms with Gasteiger partial charge < -0.3 is 19.5 Å². The number of amides is 3. The first-order valence-electron chi connectivity index (χ1n) is 9.43. The van der Waals surface area contributed by atoms with Gasteiger partial charge in [0.25, 0.3) is 11.1 Å². The van der Waals surface area contributed by atoms with Gasteiger partial charge >= 0.3 is 5.97 Å². The lowest BCUT2D eigenvalue weighted by atomic mass is 10.1. The summed E-state index contributed by atoms with van der Waals surface area (Å²) in [6, 6.07) is 9.38. The number of methoxy groups -OCH3 is 3. The maximum Gasteiger partial charge on any atom is 0.339 e. The van der Waals surface area contributed by atoms with E-state index in [-0.39, 0.29) is 21.2 Å². The van der Waals surface area contributed by atoms with Crippen molar-refractivity contribution in [1.82, 2.24) is 4.90 Å². The number of carbonyl (C=O) groups excluding carboxylic acids is 4. The van der Waals surface area contributed by atoms with E-state index >= 15 is 0 Å². The number of carbonyl (C=O) groups is 4.